The van der Waals surface area contributed by atoms with Gasteiger partial charge in [0.05, 0.1) is 10.5 Å². The number of nitrogen functional groups attached to an aromatic ring is 1. The van der Waals surface area contributed by atoms with Crippen LogP contribution in [0.3, 0.4) is 0 Å². The molecule has 0 fully saturated rings. The van der Waals surface area contributed by atoms with Crippen LogP contribution in [0.5, 0.6) is 0 Å². The van der Waals surface area contributed by atoms with Crippen molar-refractivity contribution in [1.29, 1.82) is 0 Å². The summed E-state index contributed by atoms with van der Waals surface area (Å²) in [5, 5.41) is 9.86. The van der Waals surface area contributed by atoms with Crippen molar-refractivity contribution in [1.82, 2.24) is 4.31 Å². The first-order chi connectivity index (χ1) is 8.99. The summed E-state index contributed by atoms with van der Waals surface area (Å²) >= 11 is 3.28. The summed E-state index contributed by atoms with van der Waals surface area (Å²) in [7, 11) is -3.68. The number of halogens is 1. The summed E-state index contributed by atoms with van der Waals surface area (Å²) in [5.41, 5.74) is 5.66. The number of hydrogen-bond acceptors (Lipinski definition) is 4. The Morgan fingerprint density at radius 2 is 1.95 bits per heavy atom. The topological polar surface area (TPSA) is 83.6 Å². The Hall–Kier alpha value is -0.630. The van der Waals surface area contributed by atoms with Crippen LogP contribution < -0.4 is 5.73 Å². The molecule has 0 amide bonds. The van der Waals surface area contributed by atoms with Crippen LogP contribution in [-0.4, -0.2) is 36.5 Å². The first kappa shape index (κ1) is 17.4. The number of nitrogens with two attached hydrogens (primary N) is 1. The molecule has 0 unspecified atom stereocenters. The predicted octanol–water partition coefficient (Wildman–Crippen LogP) is 2.12. The highest BCUT2D eigenvalue weighted by molar-refractivity contribution is 9.10. The minimum Gasteiger partial charge on any atom is -0.398 e. The highest BCUT2D eigenvalue weighted by Gasteiger charge is 2.29. The lowest BCUT2D eigenvalue weighted by Crippen LogP contribution is -2.42. The number of nitrogens with zero attached hydrogens (tertiary/aromatic N) is 1. The summed E-state index contributed by atoms with van der Waals surface area (Å²) in [6.45, 7) is 6.92. The van der Waals surface area contributed by atoms with Gasteiger partial charge in [0.1, 0.15) is 0 Å². The van der Waals surface area contributed by atoms with E-state index >= 15 is 0 Å². The monoisotopic (exact) mass is 364 g/mol. The van der Waals surface area contributed by atoms with Crippen molar-refractivity contribution in [3.8, 4) is 0 Å². The number of aryl methyl sites for hydroxylation is 1. The second-order valence-corrected chi connectivity index (χ2v) is 8.14. The van der Waals surface area contributed by atoms with E-state index in [1.807, 2.05) is 0 Å². The van der Waals surface area contributed by atoms with Gasteiger partial charge in [-0.15, -0.1) is 0 Å². The Balaban J connectivity index is 3.31. The van der Waals surface area contributed by atoms with E-state index in [9.17, 15) is 13.5 Å². The molecule has 1 aromatic carbocycles. The third kappa shape index (κ3) is 3.94. The number of hydrogen-bond donors (Lipinski definition) is 2. The Morgan fingerprint density at radius 1 is 1.40 bits per heavy atom. The molecule has 7 heteroatoms. The molecular weight excluding hydrogens is 344 g/mol. The molecule has 0 heterocycles. The van der Waals surface area contributed by atoms with E-state index in [-0.39, 0.29) is 18.0 Å². The summed E-state index contributed by atoms with van der Waals surface area (Å²) in [4.78, 5) is 0.171. The van der Waals surface area contributed by atoms with Crippen LogP contribution >= 0.6 is 15.9 Å². The van der Waals surface area contributed by atoms with E-state index in [1.165, 1.54) is 10.4 Å². The van der Waals surface area contributed by atoms with Crippen molar-refractivity contribution < 1.29 is 13.5 Å². The summed E-state index contributed by atoms with van der Waals surface area (Å²) in [6, 6.07) is 3.13. The van der Waals surface area contributed by atoms with Gasteiger partial charge < -0.3 is 10.8 Å². The van der Waals surface area contributed by atoms with Crippen LogP contribution in [0.1, 0.15) is 26.3 Å². The van der Waals surface area contributed by atoms with Crippen molar-refractivity contribution in [2.45, 2.75) is 38.2 Å². The maximum absolute atomic E-state index is 12.7. The maximum Gasteiger partial charge on any atom is 0.243 e. The fourth-order valence-corrected chi connectivity index (χ4v) is 4.19. The van der Waals surface area contributed by atoms with Gasteiger partial charge in [-0.1, -0.05) is 6.92 Å². The molecule has 114 valence electrons. The molecular formula is C13H21BrN2O3S. The molecule has 3 N–H and O–H groups in total. The second kappa shape index (κ2) is 6.01. The van der Waals surface area contributed by atoms with Crippen LogP contribution in [0.4, 0.5) is 5.69 Å². The zero-order chi connectivity index (χ0) is 15.7. The van der Waals surface area contributed by atoms with Gasteiger partial charge in [0.15, 0.2) is 0 Å². The lowest BCUT2D eigenvalue weighted by Gasteiger charge is -2.28. The molecule has 0 aliphatic carbocycles. The van der Waals surface area contributed by atoms with Crippen LogP contribution in [0.2, 0.25) is 0 Å². The van der Waals surface area contributed by atoms with Gasteiger partial charge in [0.25, 0.3) is 0 Å². The zero-order valence-electron chi connectivity index (χ0n) is 12.1. The number of benzene rings is 1. The van der Waals surface area contributed by atoms with Crippen molar-refractivity contribution in [3.05, 3.63) is 22.2 Å². The van der Waals surface area contributed by atoms with E-state index in [2.05, 4.69) is 15.9 Å². The lowest BCUT2D eigenvalue weighted by molar-refractivity contribution is 0.0601. The number of rotatable bonds is 5. The van der Waals surface area contributed by atoms with Gasteiger partial charge in [-0.05, 0) is 54.4 Å². The standard InChI is InChI=1S/C13H21BrN2O3S/c1-5-16(8-13(3,4)17)20(18,19)12-7-11(15)10(14)6-9(12)2/h6-7,17H,5,8,15H2,1-4H3. The minimum atomic E-state index is -3.68. The van der Waals surface area contributed by atoms with Crippen molar-refractivity contribution in [2.75, 3.05) is 18.8 Å². The molecule has 20 heavy (non-hydrogen) atoms. The quantitative estimate of drug-likeness (QED) is 0.783. The van der Waals surface area contributed by atoms with E-state index in [4.69, 9.17) is 5.73 Å². The molecule has 0 bridgehead atoms. The molecule has 0 spiro atoms. The van der Waals surface area contributed by atoms with Crippen LogP contribution in [0, 0.1) is 6.92 Å². The lowest BCUT2D eigenvalue weighted by atomic mass is 10.1. The first-order valence-electron chi connectivity index (χ1n) is 6.27. The third-order valence-corrected chi connectivity index (χ3v) is 5.58. The normalized spacial score (nSPS) is 12.9. The Labute approximate surface area is 129 Å². The number of sulfonamides is 1. The van der Waals surface area contributed by atoms with Gasteiger partial charge in [-0.25, -0.2) is 8.42 Å². The number of anilines is 1. The van der Waals surface area contributed by atoms with Gasteiger partial charge in [0, 0.05) is 23.2 Å². The summed E-state index contributed by atoms with van der Waals surface area (Å²) in [5.74, 6) is 0. The van der Waals surface area contributed by atoms with E-state index < -0.39 is 15.6 Å². The highest BCUT2D eigenvalue weighted by atomic mass is 79.9. The third-order valence-electron chi connectivity index (χ3n) is 2.83. The molecule has 0 aliphatic heterocycles. The molecule has 0 saturated heterocycles. The molecule has 1 rings (SSSR count). The summed E-state index contributed by atoms with van der Waals surface area (Å²) in [6.07, 6.45) is 0. The van der Waals surface area contributed by atoms with Crippen molar-refractivity contribution in [3.63, 3.8) is 0 Å². The smallest absolute Gasteiger partial charge is 0.243 e. The molecule has 0 saturated carbocycles. The Kier molecular flexibility index (Phi) is 5.23. The van der Waals surface area contributed by atoms with Crippen LogP contribution in [0.15, 0.2) is 21.5 Å². The zero-order valence-corrected chi connectivity index (χ0v) is 14.5. The Bertz CT molecular complexity index is 594. The molecule has 0 radical (unpaired) electrons. The Morgan fingerprint density at radius 3 is 2.40 bits per heavy atom. The van der Waals surface area contributed by atoms with E-state index in [0.29, 0.717) is 15.7 Å². The van der Waals surface area contributed by atoms with Gasteiger partial charge in [0.2, 0.25) is 10.0 Å². The molecule has 0 atom stereocenters. The van der Waals surface area contributed by atoms with Crippen molar-refractivity contribution in [2.24, 2.45) is 0 Å². The largest absolute Gasteiger partial charge is 0.398 e. The predicted molar refractivity (Wildman–Crippen MR) is 84.0 cm³/mol. The van der Waals surface area contributed by atoms with Crippen molar-refractivity contribution >= 4 is 31.6 Å². The summed E-state index contributed by atoms with van der Waals surface area (Å²) < 4.78 is 27.3. The SMILES string of the molecule is CCN(CC(C)(C)O)S(=O)(=O)c1cc(N)c(Br)cc1C. The number of likely N-dealkylation sites (N-methyl/N-ethyl adjacent to an activating group) is 1. The molecule has 1 aromatic rings. The molecule has 5 nitrogen and oxygen atoms in total. The van der Waals surface area contributed by atoms with E-state index in [0.717, 1.165) is 0 Å². The maximum atomic E-state index is 12.7. The number of aliphatic hydroxyl groups is 1. The molecule has 0 aromatic heterocycles. The fraction of sp³-hybridized carbons (Fsp3) is 0.538. The fourth-order valence-electron chi connectivity index (χ4n) is 1.88. The van der Waals surface area contributed by atoms with E-state index in [1.54, 1.807) is 33.8 Å². The van der Waals surface area contributed by atoms with Gasteiger partial charge >= 0.3 is 0 Å². The highest BCUT2D eigenvalue weighted by Crippen LogP contribution is 2.29. The average Bonchev–Trinajstić information content (AvgIpc) is 2.29. The second-order valence-electron chi connectivity index (χ2n) is 5.38. The minimum absolute atomic E-state index is 0.0290. The van der Waals surface area contributed by atoms with Gasteiger partial charge in [-0.2, -0.15) is 4.31 Å². The van der Waals surface area contributed by atoms with Crippen LogP contribution in [0.25, 0.3) is 0 Å². The first-order valence-corrected chi connectivity index (χ1v) is 8.50. The van der Waals surface area contributed by atoms with Crippen LogP contribution in [-0.2, 0) is 10.0 Å². The van der Waals surface area contributed by atoms with Gasteiger partial charge in [-0.3, -0.25) is 0 Å². The molecule has 0 aliphatic rings. The average molecular weight is 365 g/mol.